The highest BCUT2D eigenvalue weighted by molar-refractivity contribution is 7.11. The van der Waals surface area contributed by atoms with E-state index in [1.165, 1.54) is 11.3 Å². The van der Waals surface area contributed by atoms with Gasteiger partial charge in [-0.2, -0.15) is 5.26 Å². The Morgan fingerprint density at radius 1 is 1.33 bits per heavy atom. The Hall–Kier alpha value is -1.27. The van der Waals surface area contributed by atoms with E-state index in [1.807, 2.05) is 36.6 Å². The average molecular weight is 294 g/mol. The van der Waals surface area contributed by atoms with Crippen molar-refractivity contribution in [3.8, 4) is 6.07 Å². The number of thiophene rings is 1. The molecule has 2 aromatic rings. The second-order valence-electron chi connectivity index (χ2n) is 3.74. The molecular formula is C14H9Cl2NS. The monoisotopic (exact) mass is 293 g/mol. The topological polar surface area (TPSA) is 23.8 Å². The van der Waals surface area contributed by atoms with Crippen LogP contribution in [0.3, 0.4) is 0 Å². The Bertz CT molecular complexity index is 636. The van der Waals surface area contributed by atoms with Crippen molar-refractivity contribution in [3.63, 3.8) is 0 Å². The van der Waals surface area contributed by atoms with E-state index in [2.05, 4.69) is 6.07 Å². The third-order valence-electron chi connectivity index (χ3n) is 2.52. The Balaban J connectivity index is 2.54. The van der Waals surface area contributed by atoms with Crippen molar-refractivity contribution in [2.75, 3.05) is 0 Å². The van der Waals surface area contributed by atoms with Gasteiger partial charge in [-0.05, 0) is 35.6 Å². The van der Waals surface area contributed by atoms with Gasteiger partial charge in [-0.15, -0.1) is 11.3 Å². The molecule has 1 aromatic carbocycles. The number of halogens is 2. The van der Waals surface area contributed by atoms with Crippen LogP contribution in [0.5, 0.6) is 0 Å². The van der Waals surface area contributed by atoms with Gasteiger partial charge in [0.05, 0.1) is 10.6 Å². The molecule has 0 amide bonds. The van der Waals surface area contributed by atoms with Gasteiger partial charge in [0, 0.05) is 9.90 Å². The van der Waals surface area contributed by atoms with Gasteiger partial charge >= 0.3 is 0 Å². The summed E-state index contributed by atoms with van der Waals surface area (Å²) in [7, 11) is 0. The van der Waals surface area contributed by atoms with Crippen LogP contribution in [0.15, 0.2) is 35.7 Å². The molecule has 0 radical (unpaired) electrons. The number of allylic oxidation sites excluding steroid dienone is 1. The molecule has 90 valence electrons. The number of nitriles is 1. The molecule has 2 rings (SSSR count). The number of benzene rings is 1. The summed E-state index contributed by atoms with van der Waals surface area (Å²) in [5, 5.41) is 12.2. The lowest BCUT2D eigenvalue weighted by atomic mass is 10.1. The molecule has 0 fully saturated rings. The number of hydrogen-bond acceptors (Lipinski definition) is 2. The Labute approximate surface area is 120 Å². The summed E-state index contributed by atoms with van der Waals surface area (Å²) in [4.78, 5) is 0.860. The first-order chi connectivity index (χ1) is 8.63. The predicted octanol–water partition coefficient (Wildman–Crippen LogP) is 5.34. The molecule has 0 aliphatic carbocycles. The van der Waals surface area contributed by atoms with Gasteiger partial charge in [-0.3, -0.25) is 0 Å². The molecule has 0 saturated carbocycles. The SMILES string of the molecule is Cc1ccc(C(Cl)=C(C#N)c2cccs2)cc1Cl. The minimum atomic E-state index is 0.432. The van der Waals surface area contributed by atoms with Crippen LogP contribution < -0.4 is 0 Å². The van der Waals surface area contributed by atoms with E-state index in [0.717, 1.165) is 16.0 Å². The van der Waals surface area contributed by atoms with E-state index in [9.17, 15) is 5.26 Å². The molecule has 1 nitrogen and oxygen atoms in total. The quantitative estimate of drug-likeness (QED) is 0.686. The van der Waals surface area contributed by atoms with E-state index < -0.39 is 0 Å². The molecule has 0 atom stereocenters. The maximum atomic E-state index is 9.23. The van der Waals surface area contributed by atoms with Crippen molar-refractivity contribution in [1.29, 1.82) is 5.26 Å². The third kappa shape index (κ3) is 2.59. The second kappa shape index (κ2) is 5.58. The van der Waals surface area contributed by atoms with Crippen molar-refractivity contribution in [3.05, 3.63) is 56.7 Å². The first kappa shape index (κ1) is 13.2. The fraction of sp³-hybridized carbons (Fsp3) is 0.0714. The lowest BCUT2D eigenvalue weighted by molar-refractivity contribution is 1.46. The van der Waals surface area contributed by atoms with E-state index >= 15 is 0 Å². The zero-order valence-electron chi connectivity index (χ0n) is 9.58. The summed E-state index contributed by atoms with van der Waals surface area (Å²) in [5.41, 5.74) is 2.23. The zero-order chi connectivity index (χ0) is 13.1. The predicted molar refractivity (Wildman–Crippen MR) is 78.8 cm³/mol. The molecular weight excluding hydrogens is 285 g/mol. The van der Waals surface area contributed by atoms with Gasteiger partial charge in [-0.1, -0.05) is 41.4 Å². The fourth-order valence-corrected chi connectivity index (χ4v) is 2.73. The van der Waals surface area contributed by atoms with Crippen molar-refractivity contribution in [2.45, 2.75) is 6.92 Å². The highest BCUT2D eigenvalue weighted by Crippen LogP contribution is 2.33. The molecule has 4 heteroatoms. The molecule has 0 N–H and O–H groups in total. The molecule has 0 aliphatic heterocycles. The molecule has 0 aliphatic rings. The van der Waals surface area contributed by atoms with Gasteiger partial charge in [-0.25, -0.2) is 0 Å². The van der Waals surface area contributed by atoms with Gasteiger partial charge < -0.3 is 0 Å². The van der Waals surface area contributed by atoms with Crippen molar-refractivity contribution in [1.82, 2.24) is 0 Å². The molecule has 0 bridgehead atoms. The van der Waals surface area contributed by atoms with E-state index in [4.69, 9.17) is 23.2 Å². The highest BCUT2D eigenvalue weighted by atomic mass is 35.5. The third-order valence-corrected chi connectivity index (χ3v) is 4.23. The number of rotatable bonds is 2. The molecule has 18 heavy (non-hydrogen) atoms. The fourth-order valence-electron chi connectivity index (χ4n) is 1.51. The van der Waals surface area contributed by atoms with Gasteiger partial charge in [0.2, 0.25) is 0 Å². The molecule has 0 saturated heterocycles. The number of aryl methyl sites for hydroxylation is 1. The summed E-state index contributed by atoms with van der Waals surface area (Å²) < 4.78 is 0. The van der Waals surface area contributed by atoms with Gasteiger partial charge in [0.15, 0.2) is 0 Å². The maximum Gasteiger partial charge on any atom is 0.102 e. The first-order valence-electron chi connectivity index (χ1n) is 5.23. The molecule has 1 aromatic heterocycles. The van der Waals surface area contributed by atoms with Crippen LogP contribution >= 0.6 is 34.5 Å². The van der Waals surface area contributed by atoms with Crippen LogP contribution in [-0.2, 0) is 0 Å². The molecule has 0 spiro atoms. The second-order valence-corrected chi connectivity index (χ2v) is 5.47. The largest absolute Gasteiger partial charge is 0.192 e. The van der Waals surface area contributed by atoms with Crippen molar-refractivity contribution in [2.24, 2.45) is 0 Å². The van der Waals surface area contributed by atoms with Crippen molar-refractivity contribution < 1.29 is 0 Å². The summed E-state index contributed by atoms with van der Waals surface area (Å²) >= 11 is 13.9. The lowest BCUT2D eigenvalue weighted by Crippen LogP contribution is -1.85. The smallest absolute Gasteiger partial charge is 0.102 e. The zero-order valence-corrected chi connectivity index (χ0v) is 11.9. The standard InChI is InChI=1S/C14H9Cl2NS/c1-9-4-5-10(7-12(9)15)14(16)11(8-17)13-3-2-6-18-13/h2-7H,1H3. The number of nitrogens with zero attached hydrogens (tertiary/aromatic N) is 1. The molecule has 0 unspecified atom stereocenters. The van der Waals surface area contributed by atoms with Crippen LogP contribution in [0.1, 0.15) is 16.0 Å². The van der Waals surface area contributed by atoms with Crippen LogP contribution in [0.4, 0.5) is 0 Å². The van der Waals surface area contributed by atoms with Crippen LogP contribution in [-0.4, -0.2) is 0 Å². The summed E-state index contributed by atoms with van der Waals surface area (Å²) in [6.45, 7) is 1.92. The van der Waals surface area contributed by atoms with E-state index in [-0.39, 0.29) is 0 Å². The van der Waals surface area contributed by atoms with Gasteiger partial charge in [0.25, 0.3) is 0 Å². The van der Waals surface area contributed by atoms with Gasteiger partial charge in [0.1, 0.15) is 6.07 Å². The van der Waals surface area contributed by atoms with Crippen LogP contribution in [0.2, 0.25) is 5.02 Å². The summed E-state index contributed by atoms with van der Waals surface area (Å²) in [5.74, 6) is 0. The Morgan fingerprint density at radius 2 is 2.11 bits per heavy atom. The Kier molecular flexibility index (Phi) is 4.08. The number of hydrogen-bond donors (Lipinski definition) is 0. The van der Waals surface area contributed by atoms with Crippen LogP contribution in [0, 0.1) is 18.3 Å². The maximum absolute atomic E-state index is 9.23. The van der Waals surface area contributed by atoms with E-state index in [0.29, 0.717) is 15.6 Å². The minimum absolute atomic E-state index is 0.432. The summed E-state index contributed by atoms with van der Waals surface area (Å²) in [6, 6.07) is 11.5. The van der Waals surface area contributed by atoms with E-state index in [1.54, 1.807) is 6.07 Å². The van der Waals surface area contributed by atoms with Crippen molar-refractivity contribution >= 4 is 45.1 Å². The first-order valence-corrected chi connectivity index (χ1v) is 6.87. The minimum Gasteiger partial charge on any atom is -0.192 e. The van der Waals surface area contributed by atoms with Crippen LogP contribution in [0.25, 0.3) is 10.6 Å². The Morgan fingerprint density at radius 3 is 2.67 bits per heavy atom. The summed E-state index contributed by atoms with van der Waals surface area (Å²) in [6.07, 6.45) is 0. The average Bonchev–Trinajstić information content (AvgIpc) is 2.87. The highest BCUT2D eigenvalue weighted by Gasteiger charge is 2.11. The normalized spacial score (nSPS) is 11.9. The lowest BCUT2D eigenvalue weighted by Gasteiger charge is -2.05. The molecule has 1 heterocycles.